The van der Waals surface area contributed by atoms with E-state index in [4.69, 9.17) is 9.47 Å². The van der Waals surface area contributed by atoms with E-state index in [0.717, 1.165) is 11.8 Å². The summed E-state index contributed by atoms with van der Waals surface area (Å²) in [6.45, 7) is 6.73. The molecule has 0 aromatic carbocycles. The molecule has 1 N–H and O–H groups in total. The van der Waals surface area contributed by atoms with Gasteiger partial charge < -0.3 is 19.5 Å². The minimum atomic E-state index is -0.922. The lowest BCUT2D eigenvalue weighted by molar-refractivity contribution is -0.0150. The molecule has 0 spiro atoms. The maximum absolute atomic E-state index is 13.7. The number of halogens is 1. The van der Waals surface area contributed by atoms with Crippen molar-refractivity contribution in [3.8, 4) is 5.88 Å². The number of carbonyl (C=O) groups is 1. The fraction of sp³-hybridized carbons (Fsp3) is 0.579. The number of hydrogen-bond acceptors (Lipinski definition) is 4. The Balaban J connectivity index is 1.70. The van der Waals surface area contributed by atoms with Gasteiger partial charge in [0, 0.05) is 30.0 Å². The van der Waals surface area contributed by atoms with Crippen LogP contribution in [0.25, 0.3) is 5.57 Å². The molecule has 142 valence electrons. The highest BCUT2D eigenvalue weighted by molar-refractivity contribution is 5.70. The third-order valence-corrected chi connectivity index (χ3v) is 4.77. The van der Waals surface area contributed by atoms with Crippen molar-refractivity contribution in [3.05, 3.63) is 29.7 Å². The number of amides is 1. The van der Waals surface area contributed by atoms with Gasteiger partial charge in [0.25, 0.3) is 0 Å². The summed E-state index contributed by atoms with van der Waals surface area (Å²) in [5.41, 5.74) is 1.16. The number of nitrogens with zero attached hydrogens (tertiary/aromatic N) is 2. The minimum absolute atomic E-state index is 0.0799. The van der Waals surface area contributed by atoms with E-state index in [1.54, 1.807) is 0 Å². The molecule has 2 heterocycles. The quantitative estimate of drug-likeness (QED) is 0.882. The first-order valence-electron chi connectivity index (χ1n) is 8.87. The molecule has 1 aliphatic heterocycles. The van der Waals surface area contributed by atoms with Crippen LogP contribution in [-0.4, -0.2) is 52.0 Å². The zero-order valence-corrected chi connectivity index (χ0v) is 15.4. The van der Waals surface area contributed by atoms with E-state index in [2.05, 4.69) is 4.98 Å². The van der Waals surface area contributed by atoms with Crippen LogP contribution in [0, 0.1) is 5.82 Å². The molecule has 1 saturated carbocycles. The molecular weight excluding hydrogens is 339 g/mol. The van der Waals surface area contributed by atoms with Gasteiger partial charge in [0.2, 0.25) is 5.88 Å². The summed E-state index contributed by atoms with van der Waals surface area (Å²) in [6, 6.07) is 1.36. The van der Waals surface area contributed by atoms with Crippen molar-refractivity contribution in [2.45, 2.75) is 57.7 Å². The van der Waals surface area contributed by atoms with Crippen molar-refractivity contribution in [3.63, 3.8) is 0 Å². The van der Waals surface area contributed by atoms with Gasteiger partial charge in [-0.3, -0.25) is 0 Å². The van der Waals surface area contributed by atoms with Gasteiger partial charge in [0.15, 0.2) is 0 Å². The molecule has 0 radical (unpaired) electrons. The Morgan fingerprint density at radius 1 is 1.42 bits per heavy atom. The van der Waals surface area contributed by atoms with Gasteiger partial charge in [-0.1, -0.05) is 6.08 Å². The van der Waals surface area contributed by atoms with Crippen LogP contribution in [0.5, 0.6) is 5.88 Å². The van der Waals surface area contributed by atoms with Crippen LogP contribution < -0.4 is 4.74 Å². The summed E-state index contributed by atoms with van der Waals surface area (Å²) >= 11 is 0. The summed E-state index contributed by atoms with van der Waals surface area (Å²) in [7, 11) is 0. The van der Waals surface area contributed by atoms with Gasteiger partial charge in [0.1, 0.15) is 11.9 Å². The molecule has 1 amide bonds. The highest BCUT2D eigenvalue weighted by Crippen LogP contribution is 2.36. The van der Waals surface area contributed by atoms with E-state index in [0.29, 0.717) is 43.9 Å². The normalized spacial score (nSPS) is 23.0. The fourth-order valence-electron chi connectivity index (χ4n) is 3.52. The summed E-state index contributed by atoms with van der Waals surface area (Å²) < 4.78 is 25.0. The Morgan fingerprint density at radius 3 is 2.73 bits per heavy atom. The summed E-state index contributed by atoms with van der Waals surface area (Å²) in [6.07, 6.45) is 3.91. The molecule has 26 heavy (non-hydrogen) atoms. The maximum atomic E-state index is 13.7. The molecule has 6 nitrogen and oxygen atoms in total. The third kappa shape index (κ3) is 3.98. The zero-order valence-electron chi connectivity index (χ0n) is 15.4. The molecule has 1 aromatic rings. The molecule has 1 fully saturated rings. The smallest absolute Gasteiger partial charge is 0.407 e. The standard InChI is InChI=1S/C19H25FN2O4/c1-19(2,3)22(18(23)24)14-9-15(10-14)26-17-16(8-13(20)11-21-17)12-4-6-25-7-5-12/h4,8,11,14-15H,5-7,9-10H2,1-3H3,(H,23,24). The van der Waals surface area contributed by atoms with Crippen molar-refractivity contribution in [2.75, 3.05) is 13.2 Å². The first-order valence-corrected chi connectivity index (χ1v) is 8.87. The fourth-order valence-corrected chi connectivity index (χ4v) is 3.52. The molecule has 3 rings (SSSR count). The lowest BCUT2D eigenvalue weighted by atomic mass is 9.85. The van der Waals surface area contributed by atoms with Crippen LogP contribution >= 0.6 is 0 Å². The summed E-state index contributed by atoms with van der Waals surface area (Å²) in [5.74, 6) is -0.00311. The highest BCUT2D eigenvalue weighted by atomic mass is 19.1. The van der Waals surface area contributed by atoms with Gasteiger partial charge in [-0.25, -0.2) is 14.2 Å². The first-order chi connectivity index (χ1) is 12.3. The summed E-state index contributed by atoms with van der Waals surface area (Å²) in [5, 5.41) is 9.48. The first kappa shape index (κ1) is 18.6. The second-order valence-electron chi connectivity index (χ2n) is 7.75. The molecule has 0 saturated heterocycles. The van der Waals surface area contributed by atoms with Gasteiger partial charge in [-0.2, -0.15) is 0 Å². The number of rotatable bonds is 4. The average Bonchev–Trinajstić information content (AvgIpc) is 2.53. The molecule has 1 aromatic heterocycles. The predicted molar refractivity (Wildman–Crippen MR) is 94.7 cm³/mol. The van der Waals surface area contributed by atoms with E-state index in [-0.39, 0.29) is 12.1 Å². The van der Waals surface area contributed by atoms with Gasteiger partial charge in [0.05, 0.1) is 19.4 Å². The van der Waals surface area contributed by atoms with Crippen LogP contribution in [-0.2, 0) is 4.74 Å². The second-order valence-corrected chi connectivity index (χ2v) is 7.75. The Hall–Kier alpha value is -2.15. The van der Waals surface area contributed by atoms with E-state index < -0.39 is 17.4 Å². The number of carboxylic acid groups (broad SMARTS) is 1. The predicted octanol–water partition coefficient (Wildman–Crippen LogP) is 3.71. The lowest BCUT2D eigenvalue weighted by Gasteiger charge is -2.47. The van der Waals surface area contributed by atoms with Crippen LogP contribution in [0.4, 0.5) is 9.18 Å². The number of aromatic nitrogens is 1. The maximum Gasteiger partial charge on any atom is 0.407 e. The van der Waals surface area contributed by atoms with E-state index in [9.17, 15) is 14.3 Å². The molecule has 7 heteroatoms. The van der Waals surface area contributed by atoms with Gasteiger partial charge in [-0.05, 0) is 38.8 Å². The SMILES string of the molecule is CC(C)(C)N(C(=O)O)C1CC(Oc2ncc(F)cc2C2=CCOCC2)C1. The Kier molecular flexibility index (Phi) is 5.18. The number of pyridine rings is 1. The van der Waals surface area contributed by atoms with E-state index in [1.807, 2.05) is 26.8 Å². The van der Waals surface area contributed by atoms with E-state index in [1.165, 1.54) is 11.0 Å². The average molecular weight is 364 g/mol. The molecule has 0 atom stereocenters. The lowest BCUT2D eigenvalue weighted by Crippen LogP contribution is -2.58. The largest absolute Gasteiger partial charge is 0.474 e. The monoisotopic (exact) mass is 364 g/mol. The molecule has 0 bridgehead atoms. The zero-order chi connectivity index (χ0) is 18.9. The third-order valence-electron chi connectivity index (χ3n) is 4.77. The number of ether oxygens (including phenoxy) is 2. The summed E-state index contributed by atoms with van der Waals surface area (Å²) in [4.78, 5) is 17.2. The Bertz CT molecular complexity index is 708. The Labute approximate surface area is 152 Å². The van der Waals surface area contributed by atoms with Crippen LogP contribution in [0.1, 0.15) is 45.6 Å². The van der Waals surface area contributed by atoms with Crippen molar-refractivity contribution in [2.24, 2.45) is 0 Å². The second kappa shape index (κ2) is 7.23. The molecule has 0 unspecified atom stereocenters. The minimum Gasteiger partial charge on any atom is -0.474 e. The molecular formula is C19H25FN2O4. The number of hydrogen-bond donors (Lipinski definition) is 1. The topological polar surface area (TPSA) is 71.9 Å². The van der Waals surface area contributed by atoms with Crippen molar-refractivity contribution >= 4 is 11.7 Å². The van der Waals surface area contributed by atoms with Crippen LogP contribution in [0.2, 0.25) is 0 Å². The van der Waals surface area contributed by atoms with Crippen molar-refractivity contribution in [1.29, 1.82) is 0 Å². The van der Waals surface area contributed by atoms with Crippen LogP contribution in [0.3, 0.4) is 0 Å². The highest BCUT2D eigenvalue weighted by Gasteiger charge is 2.42. The molecule has 1 aliphatic carbocycles. The van der Waals surface area contributed by atoms with Gasteiger partial charge >= 0.3 is 6.09 Å². The van der Waals surface area contributed by atoms with Crippen molar-refractivity contribution < 1.29 is 23.8 Å². The van der Waals surface area contributed by atoms with Gasteiger partial charge in [-0.15, -0.1) is 0 Å². The van der Waals surface area contributed by atoms with Crippen LogP contribution in [0.15, 0.2) is 18.3 Å². The Morgan fingerprint density at radius 2 is 2.15 bits per heavy atom. The molecule has 2 aliphatic rings. The van der Waals surface area contributed by atoms with Crippen molar-refractivity contribution in [1.82, 2.24) is 9.88 Å². The van der Waals surface area contributed by atoms with E-state index >= 15 is 0 Å².